The molecule has 0 atom stereocenters. The van der Waals surface area contributed by atoms with Crippen molar-refractivity contribution in [1.82, 2.24) is 0 Å². The summed E-state index contributed by atoms with van der Waals surface area (Å²) in [6.07, 6.45) is 0.673. The minimum atomic E-state index is -0.333. The molecule has 0 unspecified atom stereocenters. The summed E-state index contributed by atoms with van der Waals surface area (Å²) < 4.78 is 20.8. The lowest BCUT2D eigenvalue weighted by molar-refractivity contribution is 0.292. The normalized spacial score (nSPS) is 11.0. The van der Waals surface area contributed by atoms with Crippen LogP contribution in [0.3, 0.4) is 0 Å². The molecule has 0 bridgehead atoms. The molecule has 21 heavy (non-hydrogen) atoms. The summed E-state index contributed by atoms with van der Waals surface area (Å²) in [4.78, 5) is 0. The Morgan fingerprint density at radius 3 is 2.81 bits per heavy atom. The first-order chi connectivity index (χ1) is 10.3. The summed E-state index contributed by atoms with van der Waals surface area (Å²) >= 11 is 1.67. The highest BCUT2D eigenvalue weighted by Gasteiger charge is 2.08. The average molecular weight is 301 g/mol. The number of nitrogens with two attached hydrogens (primary N) is 1. The van der Waals surface area contributed by atoms with Gasteiger partial charge in [-0.25, -0.2) is 4.39 Å². The van der Waals surface area contributed by atoms with Crippen LogP contribution >= 0.6 is 11.3 Å². The van der Waals surface area contributed by atoms with E-state index in [9.17, 15) is 4.39 Å². The van der Waals surface area contributed by atoms with Gasteiger partial charge in [-0.05, 0) is 47.5 Å². The monoisotopic (exact) mass is 301 g/mol. The van der Waals surface area contributed by atoms with Crippen LogP contribution in [0.2, 0.25) is 0 Å². The molecule has 2 nitrogen and oxygen atoms in total. The smallest absolute Gasteiger partial charge is 0.165 e. The molecular formula is C17H16FNOS. The van der Waals surface area contributed by atoms with Gasteiger partial charge in [-0.1, -0.05) is 24.3 Å². The molecule has 2 aromatic carbocycles. The number of ether oxygens (including phenoxy) is 1. The van der Waals surface area contributed by atoms with Crippen LogP contribution in [-0.2, 0) is 13.0 Å². The molecule has 108 valence electrons. The van der Waals surface area contributed by atoms with E-state index in [-0.39, 0.29) is 11.6 Å². The number of rotatable bonds is 5. The Balaban J connectivity index is 1.75. The molecule has 0 saturated carbocycles. The highest BCUT2D eigenvalue weighted by molar-refractivity contribution is 7.17. The fourth-order valence-electron chi connectivity index (χ4n) is 2.28. The lowest BCUT2D eigenvalue weighted by Gasteiger charge is -2.08. The second-order valence-corrected chi connectivity index (χ2v) is 5.76. The van der Waals surface area contributed by atoms with Gasteiger partial charge in [0.05, 0.1) is 0 Å². The molecular weight excluding hydrogens is 285 g/mol. The van der Waals surface area contributed by atoms with Crippen molar-refractivity contribution in [2.45, 2.75) is 13.0 Å². The van der Waals surface area contributed by atoms with Gasteiger partial charge in [0, 0.05) is 10.3 Å². The summed E-state index contributed by atoms with van der Waals surface area (Å²) in [6, 6.07) is 13.2. The van der Waals surface area contributed by atoms with Crippen LogP contribution in [0.25, 0.3) is 10.1 Å². The van der Waals surface area contributed by atoms with E-state index in [0.29, 0.717) is 19.6 Å². The number of hydrogen-bond acceptors (Lipinski definition) is 3. The Hall–Kier alpha value is -1.91. The van der Waals surface area contributed by atoms with Crippen LogP contribution in [0.15, 0.2) is 47.8 Å². The van der Waals surface area contributed by atoms with E-state index in [1.165, 1.54) is 16.2 Å². The van der Waals surface area contributed by atoms with Crippen LogP contribution in [-0.4, -0.2) is 6.54 Å². The van der Waals surface area contributed by atoms with Gasteiger partial charge in [0.1, 0.15) is 6.61 Å². The molecule has 4 heteroatoms. The first kappa shape index (κ1) is 14.0. The Bertz CT molecular complexity index is 753. The molecule has 3 rings (SSSR count). The van der Waals surface area contributed by atoms with E-state index in [1.807, 2.05) is 18.2 Å². The molecule has 1 heterocycles. The van der Waals surface area contributed by atoms with E-state index >= 15 is 0 Å². The van der Waals surface area contributed by atoms with Crippen molar-refractivity contribution in [3.8, 4) is 5.75 Å². The Morgan fingerprint density at radius 2 is 2.00 bits per heavy atom. The second kappa shape index (κ2) is 6.24. The fourth-order valence-corrected chi connectivity index (χ4v) is 3.23. The molecule has 0 amide bonds. The van der Waals surface area contributed by atoms with Gasteiger partial charge in [-0.3, -0.25) is 0 Å². The average Bonchev–Trinajstić information content (AvgIpc) is 2.90. The third kappa shape index (κ3) is 3.06. The maximum Gasteiger partial charge on any atom is 0.165 e. The fraction of sp³-hybridized carbons (Fsp3) is 0.176. The summed E-state index contributed by atoms with van der Waals surface area (Å²) in [7, 11) is 0. The van der Waals surface area contributed by atoms with Crippen molar-refractivity contribution in [3.63, 3.8) is 0 Å². The van der Waals surface area contributed by atoms with Gasteiger partial charge < -0.3 is 10.5 Å². The third-order valence-electron chi connectivity index (χ3n) is 3.37. The summed E-state index contributed by atoms with van der Waals surface area (Å²) in [5, 5.41) is 3.23. The van der Waals surface area contributed by atoms with Gasteiger partial charge in [-0.2, -0.15) is 0 Å². The summed E-state index contributed by atoms with van der Waals surface area (Å²) in [6.45, 7) is 0.887. The van der Waals surface area contributed by atoms with E-state index in [2.05, 4.69) is 17.5 Å². The molecule has 0 aliphatic rings. The Kier molecular flexibility index (Phi) is 4.18. The topological polar surface area (TPSA) is 35.2 Å². The predicted octanol–water partition coefficient (Wildman–Crippen LogP) is 4.12. The molecule has 0 radical (unpaired) electrons. The molecule has 0 spiro atoms. The molecule has 3 aromatic rings. The van der Waals surface area contributed by atoms with E-state index in [1.54, 1.807) is 17.4 Å². The van der Waals surface area contributed by atoms with Crippen LogP contribution in [0.4, 0.5) is 4.39 Å². The van der Waals surface area contributed by atoms with Crippen molar-refractivity contribution < 1.29 is 9.13 Å². The highest BCUT2D eigenvalue weighted by Crippen LogP contribution is 2.27. The zero-order valence-electron chi connectivity index (χ0n) is 11.5. The van der Waals surface area contributed by atoms with Crippen molar-refractivity contribution in [2.75, 3.05) is 6.54 Å². The van der Waals surface area contributed by atoms with Gasteiger partial charge in [0.2, 0.25) is 0 Å². The van der Waals surface area contributed by atoms with Crippen LogP contribution in [0.5, 0.6) is 5.75 Å². The number of hydrogen-bond donors (Lipinski definition) is 1. The zero-order valence-corrected chi connectivity index (χ0v) is 12.3. The van der Waals surface area contributed by atoms with Crippen molar-refractivity contribution >= 4 is 21.4 Å². The second-order valence-electron chi connectivity index (χ2n) is 4.85. The molecule has 1 aromatic heterocycles. The maximum absolute atomic E-state index is 14.0. The van der Waals surface area contributed by atoms with Gasteiger partial charge in [-0.15, -0.1) is 11.3 Å². The predicted molar refractivity (Wildman–Crippen MR) is 85.3 cm³/mol. The Labute approximate surface area is 127 Å². The Morgan fingerprint density at radius 1 is 1.14 bits per heavy atom. The van der Waals surface area contributed by atoms with Gasteiger partial charge in [0.25, 0.3) is 0 Å². The first-order valence-electron chi connectivity index (χ1n) is 6.84. The zero-order chi connectivity index (χ0) is 14.7. The quantitative estimate of drug-likeness (QED) is 0.769. The van der Waals surface area contributed by atoms with E-state index in [4.69, 9.17) is 10.5 Å². The van der Waals surface area contributed by atoms with E-state index < -0.39 is 0 Å². The SMILES string of the molecule is NCCc1ccc(OCc2csc3ccccc23)c(F)c1. The lowest BCUT2D eigenvalue weighted by atomic mass is 10.1. The first-order valence-corrected chi connectivity index (χ1v) is 7.72. The van der Waals surface area contributed by atoms with Gasteiger partial charge >= 0.3 is 0 Å². The molecule has 2 N–H and O–H groups in total. The maximum atomic E-state index is 14.0. The largest absolute Gasteiger partial charge is 0.486 e. The van der Waals surface area contributed by atoms with Crippen molar-refractivity contribution in [2.24, 2.45) is 5.73 Å². The van der Waals surface area contributed by atoms with Gasteiger partial charge in [0.15, 0.2) is 11.6 Å². The van der Waals surface area contributed by atoms with Crippen LogP contribution in [0, 0.1) is 5.82 Å². The van der Waals surface area contributed by atoms with Crippen molar-refractivity contribution in [1.29, 1.82) is 0 Å². The molecule has 0 fully saturated rings. The number of benzene rings is 2. The number of fused-ring (bicyclic) bond motifs is 1. The third-order valence-corrected chi connectivity index (χ3v) is 4.39. The lowest BCUT2D eigenvalue weighted by Crippen LogP contribution is -2.03. The highest BCUT2D eigenvalue weighted by atomic mass is 32.1. The van der Waals surface area contributed by atoms with Crippen LogP contribution in [0.1, 0.15) is 11.1 Å². The molecule has 0 aliphatic carbocycles. The van der Waals surface area contributed by atoms with E-state index in [0.717, 1.165) is 11.1 Å². The number of halogens is 1. The van der Waals surface area contributed by atoms with Crippen molar-refractivity contribution in [3.05, 3.63) is 64.8 Å². The minimum absolute atomic E-state index is 0.283. The van der Waals surface area contributed by atoms with Crippen LogP contribution < -0.4 is 10.5 Å². The minimum Gasteiger partial charge on any atom is -0.486 e. The molecule has 0 aliphatic heterocycles. The number of thiophene rings is 1. The summed E-state index contributed by atoms with van der Waals surface area (Å²) in [5.74, 6) is -0.0495. The molecule has 0 saturated heterocycles. The summed E-state index contributed by atoms with van der Waals surface area (Å²) in [5.41, 5.74) is 7.45. The standard InChI is InChI=1S/C17H16FNOS/c18-15-9-12(7-8-19)5-6-16(15)20-10-13-11-21-17-4-2-1-3-14(13)17/h1-6,9,11H,7-8,10,19H2.